The number of hydrogen-bond acceptors (Lipinski definition) is 2. The number of piperidine rings is 1. The molecule has 2 fully saturated rings. The van der Waals surface area contributed by atoms with Crippen LogP contribution in [0.1, 0.15) is 41.0 Å². The molecule has 0 radical (unpaired) electrons. The molecular formula is C13H23NO. The maximum absolute atomic E-state index is 12.2. The van der Waals surface area contributed by atoms with E-state index in [1.54, 1.807) is 0 Å². The molecule has 1 saturated heterocycles. The summed E-state index contributed by atoms with van der Waals surface area (Å²) >= 11 is 0. The average molecular weight is 209 g/mol. The molecular weight excluding hydrogens is 186 g/mol. The molecule has 1 aliphatic heterocycles. The van der Waals surface area contributed by atoms with E-state index in [1.165, 1.54) is 6.42 Å². The molecule has 1 unspecified atom stereocenters. The first-order chi connectivity index (χ1) is 6.82. The average Bonchev–Trinajstić information content (AvgIpc) is 2.74. The first kappa shape index (κ1) is 11.1. The summed E-state index contributed by atoms with van der Waals surface area (Å²) in [7, 11) is 0. The van der Waals surface area contributed by atoms with Crippen LogP contribution in [-0.2, 0) is 4.79 Å². The van der Waals surface area contributed by atoms with Gasteiger partial charge in [-0.1, -0.05) is 13.8 Å². The Morgan fingerprint density at radius 3 is 2.40 bits per heavy atom. The summed E-state index contributed by atoms with van der Waals surface area (Å²) in [5, 5.41) is 0. The van der Waals surface area contributed by atoms with Crippen LogP contribution in [0.15, 0.2) is 0 Å². The highest BCUT2D eigenvalue weighted by atomic mass is 16.1. The largest absolute Gasteiger partial charge is 0.298 e. The lowest BCUT2D eigenvalue weighted by molar-refractivity contribution is -0.129. The van der Waals surface area contributed by atoms with Crippen LogP contribution in [0, 0.1) is 17.8 Å². The zero-order valence-corrected chi connectivity index (χ0v) is 10.6. The Balaban J connectivity index is 2.17. The van der Waals surface area contributed by atoms with E-state index >= 15 is 0 Å². The Hall–Kier alpha value is -0.370. The van der Waals surface area contributed by atoms with Crippen molar-refractivity contribution in [2.75, 3.05) is 6.54 Å². The van der Waals surface area contributed by atoms with Gasteiger partial charge in [0.25, 0.3) is 0 Å². The molecule has 2 rings (SSSR count). The van der Waals surface area contributed by atoms with E-state index in [2.05, 4.69) is 25.7 Å². The Bertz CT molecular complexity index is 277. The number of rotatable bonds is 2. The van der Waals surface area contributed by atoms with Gasteiger partial charge in [-0.15, -0.1) is 0 Å². The van der Waals surface area contributed by atoms with E-state index in [4.69, 9.17) is 0 Å². The van der Waals surface area contributed by atoms with Crippen LogP contribution >= 0.6 is 0 Å². The van der Waals surface area contributed by atoms with Gasteiger partial charge in [0.1, 0.15) is 0 Å². The first-order valence-electron chi connectivity index (χ1n) is 6.13. The summed E-state index contributed by atoms with van der Waals surface area (Å²) < 4.78 is 0. The molecule has 1 heterocycles. The van der Waals surface area contributed by atoms with Crippen LogP contribution < -0.4 is 0 Å². The van der Waals surface area contributed by atoms with E-state index in [0.717, 1.165) is 12.5 Å². The van der Waals surface area contributed by atoms with E-state index < -0.39 is 0 Å². The normalized spacial score (nSPS) is 35.7. The third-order valence-electron chi connectivity index (χ3n) is 3.87. The second kappa shape index (κ2) is 3.31. The molecule has 0 N–H and O–H groups in total. The van der Waals surface area contributed by atoms with Gasteiger partial charge in [-0.05, 0) is 39.0 Å². The van der Waals surface area contributed by atoms with E-state index in [1.807, 2.05) is 13.8 Å². The summed E-state index contributed by atoms with van der Waals surface area (Å²) in [6.07, 6.45) is 1.29. The molecule has 1 saturated carbocycles. The van der Waals surface area contributed by atoms with Crippen LogP contribution in [-0.4, -0.2) is 28.8 Å². The molecule has 0 amide bonds. The van der Waals surface area contributed by atoms with Gasteiger partial charge in [0.15, 0.2) is 5.78 Å². The lowest BCUT2D eigenvalue weighted by Crippen LogP contribution is -2.51. The third-order valence-corrected chi connectivity index (χ3v) is 3.87. The highest BCUT2D eigenvalue weighted by Gasteiger charge is 2.57. The second-order valence-electron chi connectivity index (χ2n) is 6.48. The number of nitrogens with zero attached hydrogens (tertiary/aromatic N) is 1. The van der Waals surface area contributed by atoms with Crippen molar-refractivity contribution < 1.29 is 4.79 Å². The summed E-state index contributed by atoms with van der Waals surface area (Å²) in [4.78, 5) is 14.6. The minimum atomic E-state index is 0.142. The molecule has 15 heavy (non-hydrogen) atoms. The predicted molar refractivity (Wildman–Crippen MR) is 61.7 cm³/mol. The minimum absolute atomic E-state index is 0.142. The molecule has 86 valence electrons. The summed E-state index contributed by atoms with van der Waals surface area (Å²) in [6.45, 7) is 11.9. The van der Waals surface area contributed by atoms with E-state index in [-0.39, 0.29) is 17.5 Å². The number of Topliss-reactive ketones (excluding diaryl/α,β-unsaturated/α-hetero) is 1. The molecule has 1 aliphatic carbocycles. The van der Waals surface area contributed by atoms with Gasteiger partial charge in [0.2, 0.25) is 0 Å². The van der Waals surface area contributed by atoms with Gasteiger partial charge < -0.3 is 0 Å². The van der Waals surface area contributed by atoms with Gasteiger partial charge in [-0.25, -0.2) is 0 Å². The fraction of sp³-hybridized carbons (Fsp3) is 0.923. The zero-order valence-electron chi connectivity index (χ0n) is 10.6. The number of fused-ring (bicyclic) bond motifs is 1. The summed E-state index contributed by atoms with van der Waals surface area (Å²) in [5.41, 5.74) is 0.142. The van der Waals surface area contributed by atoms with Crippen molar-refractivity contribution in [3.63, 3.8) is 0 Å². The van der Waals surface area contributed by atoms with Crippen LogP contribution in [0.2, 0.25) is 0 Å². The van der Waals surface area contributed by atoms with Crippen LogP contribution in [0.3, 0.4) is 0 Å². The van der Waals surface area contributed by atoms with Crippen LogP contribution in [0.4, 0.5) is 0 Å². The standard InChI is InChI=1S/C13H23NO/c1-8(2)12(15)11-10-6-9(10)7-14(11)13(3,4)5/h8-11H,6-7H2,1-5H3/t9-,10?,11-/m0/s1. The number of hydrogen-bond donors (Lipinski definition) is 0. The SMILES string of the molecule is CC(C)C(=O)[C@@H]1C2C[C@H]2CN1C(C)(C)C. The molecule has 2 aliphatic rings. The molecule has 0 aromatic heterocycles. The van der Waals surface area contributed by atoms with Crippen molar-refractivity contribution in [2.45, 2.75) is 52.6 Å². The van der Waals surface area contributed by atoms with Crippen molar-refractivity contribution in [3.8, 4) is 0 Å². The van der Waals surface area contributed by atoms with Crippen LogP contribution in [0.25, 0.3) is 0 Å². The fourth-order valence-electron chi connectivity index (χ4n) is 2.86. The Morgan fingerprint density at radius 1 is 1.33 bits per heavy atom. The second-order valence-corrected chi connectivity index (χ2v) is 6.48. The Morgan fingerprint density at radius 2 is 1.93 bits per heavy atom. The number of likely N-dealkylation sites (tertiary alicyclic amines) is 1. The van der Waals surface area contributed by atoms with Gasteiger partial charge in [-0.2, -0.15) is 0 Å². The number of carbonyl (C=O) groups is 1. The fourth-order valence-corrected chi connectivity index (χ4v) is 2.86. The highest BCUT2D eigenvalue weighted by molar-refractivity contribution is 5.87. The van der Waals surface area contributed by atoms with Gasteiger partial charge in [-0.3, -0.25) is 9.69 Å². The maximum Gasteiger partial charge on any atom is 0.152 e. The van der Waals surface area contributed by atoms with Crippen molar-refractivity contribution in [2.24, 2.45) is 17.8 Å². The lowest BCUT2D eigenvalue weighted by atomic mass is 9.94. The maximum atomic E-state index is 12.2. The molecule has 0 spiro atoms. The zero-order chi connectivity index (χ0) is 11.4. The first-order valence-corrected chi connectivity index (χ1v) is 6.13. The molecule has 3 atom stereocenters. The molecule has 2 heteroatoms. The monoisotopic (exact) mass is 209 g/mol. The summed E-state index contributed by atoms with van der Waals surface area (Å²) in [5.74, 6) is 2.13. The predicted octanol–water partition coefficient (Wildman–Crippen LogP) is 2.33. The quantitative estimate of drug-likeness (QED) is 0.695. The highest BCUT2D eigenvalue weighted by Crippen LogP contribution is 2.52. The number of carbonyl (C=O) groups excluding carboxylic acids is 1. The van der Waals surface area contributed by atoms with Gasteiger partial charge in [0.05, 0.1) is 6.04 Å². The topological polar surface area (TPSA) is 20.3 Å². The molecule has 0 aromatic carbocycles. The molecule has 0 bridgehead atoms. The molecule has 0 aromatic rings. The number of ketones is 1. The van der Waals surface area contributed by atoms with Crippen molar-refractivity contribution >= 4 is 5.78 Å². The summed E-state index contributed by atoms with van der Waals surface area (Å²) in [6, 6.07) is 0.218. The Labute approximate surface area is 93.0 Å². The van der Waals surface area contributed by atoms with Crippen molar-refractivity contribution in [1.82, 2.24) is 4.90 Å². The lowest BCUT2D eigenvalue weighted by Gasteiger charge is -2.38. The van der Waals surface area contributed by atoms with Gasteiger partial charge in [0, 0.05) is 18.0 Å². The molecule has 2 nitrogen and oxygen atoms in total. The van der Waals surface area contributed by atoms with Crippen molar-refractivity contribution in [1.29, 1.82) is 0 Å². The Kier molecular flexibility index (Phi) is 2.45. The van der Waals surface area contributed by atoms with Crippen molar-refractivity contribution in [3.05, 3.63) is 0 Å². The van der Waals surface area contributed by atoms with Crippen LogP contribution in [0.5, 0.6) is 0 Å². The smallest absolute Gasteiger partial charge is 0.152 e. The van der Waals surface area contributed by atoms with Gasteiger partial charge >= 0.3 is 0 Å². The third kappa shape index (κ3) is 1.84. The van der Waals surface area contributed by atoms with E-state index in [9.17, 15) is 4.79 Å². The minimum Gasteiger partial charge on any atom is -0.298 e. The van der Waals surface area contributed by atoms with E-state index in [0.29, 0.717) is 11.7 Å².